The second kappa shape index (κ2) is 8.82. The number of piperazine rings is 1. The van der Waals surface area contributed by atoms with Crippen molar-refractivity contribution in [3.05, 3.63) is 23.9 Å². The van der Waals surface area contributed by atoms with E-state index in [-0.39, 0.29) is 5.91 Å². The Balaban J connectivity index is 1.66. The number of aromatic nitrogens is 1. The van der Waals surface area contributed by atoms with Crippen LogP contribution in [0.2, 0.25) is 0 Å². The van der Waals surface area contributed by atoms with E-state index >= 15 is 0 Å². The van der Waals surface area contributed by atoms with Gasteiger partial charge in [0.2, 0.25) is 0 Å². The maximum atomic E-state index is 13.3. The summed E-state index contributed by atoms with van der Waals surface area (Å²) in [6.45, 7) is 6.54. The third-order valence-corrected chi connectivity index (χ3v) is 5.70. The molecule has 0 spiro atoms. The fourth-order valence-corrected chi connectivity index (χ4v) is 4.05. The van der Waals surface area contributed by atoms with Gasteiger partial charge in [0.25, 0.3) is 5.91 Å². The summed E-state index contributed by atoms with van der Waals surface area (Å²) in [5.41, 5.74) is 0.726. The Hall–Kier alpha value is -1.66. The molecule has 6 heteroatoms. The van der Waals surface area contributed by atoms with E-state index in [2.05, 4.69) is 26.7 Å². The quantitative estimate of drug-likeness (QED) is 0.802. The number of nitrogens with zero attached hydrogens (tertiary/aromatic N) is 5. The van der Waals surface area contributed by atoms with E-state index in [0.29, 0.717) is 6.04 Å². The average molecular weight is 360 g/mol. The first kappa shape index (κ1) is 19.1. The van der Waals surface area contributed by atoms with Crippen LogP contribution < -0.4 is 4.90 Å². The normalized spacial score (nSPS) is 22.4. The van der Waals surface area contributed by atoms with Gasteiger partial charge in [-0.1, -0.05) is 0 Å². The minimum Gasteiger partial charge on any atom is -0.362 e. The van der Waals surface area contributed by atoms with Crippen molar-refractivity contribution >= 4 is 11.7 Å². The van der Waals surface area contributed by atoms with E-state index in [1.54, 1.807) is 6.20 Å². The standard InChI is InChI=1S/C20H33N5O/c1-22(2)19-18(8-6-10-21-19)20(26)25-11-5-4-7-17(25)9-12-24-15-13-23(3)14-16-24/h6,8,10,17H,4-5,7,9,11-16H2,1-3H3/t17-/m1/s1. The Morgan fingerprint density at radius 2 is 1.96 bits per heavy atom. The van der Waals surface area contributed by atoms with Gasteiger partial charge < -0.3 is 19.6 Å². The first-order valence-electron chi connectivity index (χ1n) is 9.90. The Bertz CT molecular complexity index is 598. The van der Waals surface area contributed by atoms with Gasteiger partial charge in [-0.15, -0.1) is 0 Å². The summed E-state index contributed by atoms with van der Waals surface area (Å²) in [6.07, 6.45) is 6.29. The molecule has 0 bridgehead atoms. The molecule has 0 aromatic carbocycles. The predicted molar refractivity (Wildman–Crippen MR) is 106 cm³/mol. The van der Waals surface area contributed by atoms with E-state index in [0.717, 1.165) is 69.9 Å². The lowest BCUT2D eigenvalue weighted by atomic mass is 9.97. The smallest absolute Gasteiger partial charge is 0.257 e. The molecule has 26 heavy (non-hydrogen) atoms. The van der Waals surface area contributed by atoms with Crippen LogP contribution in [-0.4, -0.2) is 92.0 Å². The summed E-state index contributed by atoms with van der Waals surface area (Å²) in [5.74, 6) is 0.908. The molecule has 3 rings (SSSR count). The summed E-state index contributed by atoms with van der Waals surface area (Å²) in [6, 6.07) is 4.13. The molecule has 1 amide bonds. The van der Waals surface area contributed by atoms with Crippen LogP contribution in [0.15, 0.2) is 18.3 Å². The Morgan fingerprint density at radius 1 is 1.19 bits per heavy atom. The van der Waals surface area contributed by atoms with Crippen LogP contribution in [0.1, 0.15) is 36.0 Å². The minimum atomic E-state index is 0.143. The van der Waals surface area contributed by atoms with Gasteiger partial charge >= 0.3 is 0 Å². The summed E-state index contributed by atoms with van der Waals surface area (Å²) in [4.78, 5) is 26.7. The minimum absolute atomic E-state index is 0.143. The highest BCUT2D eigenvalue weighted by molar-refractivity contribution is 5.99. The molecular formula is C20H33N5O. The Morgan fingerprint density at radius 3 is 2.69 bits per heavy atom. The fourth-order valence-electron chi connectivity index (χ4n) is 4.05. The number of amides is 1. The van der Waals surface area contributed by atoms with E-state index in [1.807, 2.05) is 31.1 Å². The van der Waals surface area contributed by atoms with Gasteiger partial charge in [0.15, 0.2) is 0 Å². The summed E-state index contributed by atoms with van der Waals surface area (Å²) >= 11 is 0. The number of hydrogen-bond donors (Lipinski definition) is 0. The molecule has 3 heterocycles. The van der Waals surface area contributed by atoms with E-state index in [9.17, 15) is 4.79 Å². The highest BCUT2D eigenvalue weighted by atomic mass is 16.2. The molecule has 2 aliphatic heterocycles. The first-order valence-corrected chi connectivity index (χ1v) is 9.90. The fraction of sp³-hybridized carbons (Fsp3) is 0.700. The zero-order chi connectivity index (χ0) is 18.5. The Kier molecular flexibility index (Phi) is 6.48. The molecule has 1 atom stereocenters. The molecule has 0 saturated carbocycles. The lowest BCUT2D eigenvalue weighted by molar-refractivity contribution is 0.0570. The monoisotopic (exact) mass is 359 g/mol. The molecule has 2 saturated heterocycles. The second-order valence-corrected chi connectivity index (χ2v) is 7.85. The van der Waals surface area contributed by atoms with Gasteiger partial charge in [-0.2, -0.15) is 0 Å². The number of carbonyl (C=O) groups is 1. The van der Waals surface area contributed by atoms with Crippen LogP contribution in [0.25, 0.3) is 0 Å². The molecule has 0 aliphatic carbocycles. The van der Waals surface area contributed by atoms with Crippen molar-refractivity contribution in [1.29, 1.82) is 0 Å². The number of pyridine rings is 1. The topological polar surface area (TPSA) is 42.9 Å². The van der Waals surface area contributed by atoms with Gasteiger partial charge in [-0.05, 0) is 44.9 Å². The van der Waals surface area contributed by atoms with Crippen molar-refractivity contribution in [1.82, 2.24) is 19.7 Å². The van der Waals surface area contributed by atoms with E-state index in [1.165, 1.54) is 6.42 Å². The number of hydrogen-bond acceptors (Lipinski definition) is 5. The summed E-state index contributed by atoms with van der Waals surface area (Å²) in [5, 5.41) is 0. The molecule has 6 nitrogen and oxygen atoms in total. The predicted octanol–water partition coefficient (Wildman–Crippen LogP) is 1.78. The highest BCUT2D eigenvalue weighted by Crippen LogP contribution is 2.25. The zero-order valence-electron chi connectivity index (χ0n) is 16.5. The SMILES string of the molecule is CN1CCN(CC[C@H]2CCCCN2C(=O)c2cccnc2N(C)C)CC1. The second-order valence-electron chi connectivity index (χ2n) is 7.85. The van der Waals surface area contributed by atoms with Crippen molar-refractivity contribution < 1.29 is 4.79 Å². The van der Waals surface area contributed by atoms with Crippen LogP contribution in [0.5, 0.6) is 0 Å². The highest BCUT2D eigenvalue weighted by Gasteiger charge is 2.29. The molecule has 0 radical (unpaired) electrons. The lowest BCUT2D eigenvalue weighted by Gasteiger charge is -2.38. The zero-order valence-corrected chi connectivity index (χ0v) is 16.5. The van der Waals surface area contributed by atoms with Crippen LogP contribution in [-0.2, 0) is 0 Å². The van der Waals surface area contributed by atoms with Crippen molar-refractivity contribution in [2.24, 2.45) is 0 Å². The van der Waals surface area contributed by atoms with Gasteiger partial charge in [0, 0.05) is 65.6 Å². The lowest BCUT2D eigenvalue weighted by Crippen LogP contribution is -2.48. The van der Waals surface area contributed by atoms with Gasteiger partial charge in [-0.3, -0.25) is 4.79 Å². The van der Waals surface area contributed by atoms with Crippen molar-refractivity contribution in [3.63, 3.8) is 0 Å². The molecule has 2 fully saturated rings. The Labute approximate surface area is 157 Å². The molecule has 0 N–H and O–H groups in total. The van der Waals surface area contributed by atoms with Gasteiger partial charge in [-0.25, -0.2) is 4.98 Å². The molecule has 2 aliphatic rings. The van der Waals surface area contributed by atoms with Crippen LogP contribution in [0.3, 0.4) is 0 Å². The van der Waals surface area contributed by atoms with E-state index < -0.39 is 0 Å². The van der Waals surface area contributed by atoms with Gasteiger partial charge in [0.05, 0.1) is 5.56 Å². The number of likely N-dealkylation sites (N-methyl/N-ethyl adjacent to an activating group) is 1. The first-order chi connectivity index (χ1) is 12.6. The van der Waals surface area contributed by atoms with Crippen molar-refractivity contribution in [2.45, 2.75) is 31.7 Å². The summed E-state index contributed by atoms with van der Waals surface area (Å²) in [7, 11) is 6.08. The third-order valence-electron chi connectivity index (χ3n) is 5.70. The van der Waals surface area contributed by atoms with Crippen LogP contribution >= 0.6 is 0 Å². The summed E-state index contributed by atoms with van der Waals surface area (Å²) < 4.78 is 0. The third kappa shape index (κ3) is 4.54. The number of anilines is 1. The number of carbonyl (C=O) groups excluding carboxylic acids is 1. The van der Waals surface area contributed by atoms with Gasteiger partial charge in [0.1, 0.15) is 5.82 Å². The maximum Gasteiger partial charge on any atom is 0.257 e. The van der Waals surface area contributed by atoms with Crippen molar-refractivity contribution in [3.8, 4) is 0 Å². The van der Waals surface area contributed by atoms with Crippen LogP contribution in [0.4, 0.5) is 5.82 Å². The molecule has 0 unspecified atom stereocenters. The largest absolute Gasteiger partial charge is 0.362 e. The molecule has 144 valence electrons. The maximum absolute atomic E-state index is 13.3. The average Bonchev–Trinajstić information content (AvgIpc) is 2.67. The van der Waals surface area contributed by atoms with Crippen LogP contribution in [0, 0.1) is 0 Å². The molecule has 1 aromatic rings. The number of likely N-dealkylation sites (tertiary alicyclic amines) is 1. The molecular weight excluding hydrogens is 326 g/mol. The number of rotatable bonds is 5. The van der Waals surface area contributed by atoms with Crippen molar-refractivity contribution in [2.75, 3.05) is 65.3 Å². The van der Waals surface area contributed by atoms with E-state index in [4.69, 9.17) is 0 Å². The molecule has 1 aromatic heterocycles. The number of piperidine rings is 1.